The van der Waals surface area contributed by atoms with Gasteiger partial charge in [0.15, 0.2) is 0 Å². The Hall–Kier alpha value is -1.55. The van der Waals surface area contributed by atoms with Crippen LogP contribution in [0.3, 0.4) is 0 Å². The molecule has 0 aliphatic carbocycles. The number of hydrogen-bond acceptors (Lipinski definition) is 3. The van der Waals surface area contributed by atoms with Gasteiger partial charge in [-0.3, -0.25) is 4.79 Å². The molecule has 1 heterocycles. The van der Waals surface area contributed by atoms with E-state index in [1.54, 1.807) is 4.90 Å². The average Bonchev–Trinajstić information content (AvgIpc) is 2.50. The predicted molar refractivity (Wildman–Crippen MR) is 70.0 cm³/mol. The molecule has 4 nitrogen and oxygen atoms in total. The van der Waals surface area contributed by atoms with Crippen LogP contribution in [0.5, 0.6) is 0 Å². The minimum atomic E-state index is -0.0691. The van der Waals surface area contributed by atoms with E-state index in [0.717, 1.165) is 22.5 Å². The molecular formula is C13H19N3O. The molecule has 0 saturated carbocycles. The highest BCUT2D eigenvalue weighted by molar-refractivity contribution is 5.98. The number of amides is 1. The maximum absolute atomic E-state index is 11.9. The summed E-state index contributed by atoms with van der Waals surface area (Å²) < 4.78 is 0. The lowest BCUT2D eigenvalue weighted by molar-refractivity contribution is -0.117. The number of aryl methyl sites for hydroxylation is 1. The largest absolute Gasteiger partial charge is 0.399 e. The lowest BCUT2D eigenvalue weighted by Gasteiger charge is -2.20. The van der Waals surface area contributed by atoms with Crippen LogP contribution in [-0.4, -0.2) is 19.0 Å². The summed E-state index contributed by atoms with van der Waals surface area (Å²) in [6, 6.07) is 3.86. The van der Waals surface area contributed by atoms with E-state index >= 15 is 0 Å². The van der Waals surface area contributed by atoms with E-state index in [4.69, 9.17) is 11.5 Å². The maximum Gasteiger partial charge on any atom is 0.240 e. The second-order valence-corrected chi connectivity index (χ2v) is 5.30. The van der Waals surface area contributed by atoms with Crippen LogP contribution >= 0.6 is 0 Å². The van der Waals surface area contributed by atoms with Gasteiger partial charge in [0, 0.05) is 17.6 Å². The molecule has 0 spiro atoms. The summed E-state index contributed by atoms with van der Waals surface area (Å²) >= 11 is 0. The molecule has 0 bridgehead atoms. The van der Waals surface area contributed by atoms with Crippen molar-refractivity contribution in [3.05, 3.63) is 23.3 Å². The summed E-state index contributed by atoms with van der Waals surface area (Å²) in [6.45, 7) is 6.93. The summed E-state index contributed by atoms with van der Waals surface area (Å²) in [6.07, 6.45) is 0. The number of fused-ring (bicyclic) bond motifs is 1. The summed E-state index contributed by atoms with van der Waals surface area (Å²) in [5.74, 6) is -0.0373. The fraction of sp³-hybridized carbons (Fsp3) is 0.462. The molecule has 1 aromatic carbocycles. The molecule has 92 valence electrons. The number of anilines is 2. The van der Waals surface area contributed by atoms with Gasteiger partial charge in [-0.2, -0.15) is 0 Å². The van der Waals surface area contributed by atoms with Crippen molar-refractivity contribution in [2.75, 3.05) is 23.7 Å². The van der Waals surface area contributed by atoms with Crippen LogP contribution in [0.4, 0.5) is 11.4 Å². The number of hydrogen-bond donors (Lipinski definition) is 2. The van der Waals surface area contributed by atoms with Gasteiger partial charge in [-0.25, -0.2) is 0 Å². The monoisotopic (exact) mass is 233 g/mol. The van der Waals surface area contributed by atoms with E-state index in [1.165, 1.54) is 0 Å². The molecule has 17 heavy (non-hydrogen) atoms. The van der Waals surface area contributed by atoms with Gasteiger partial charge in [0.25, 0.3) is 0 Å². The molecule has 1 amide bonds. The quantitative estimate of drug-likeness (QED) is 0.715. The van der Waals surface area contributed by atoms with Gasteiger partial charge in [0.2, 0.25) is 5.91 Å². The van der Waals surface area contributed by atoms with Crippen molar-refractivity contribution in [1.29, 1.82) is 0 Å². The molecule has 0 unspecified atom stereocenters. The van der Waals surface area contributed by atoms with Crippen LogP contribution in [0.2, 0.25) is 0 Å². The number of carbonyl (C=O) groups is 1. The highest BCUT2D eigenvalue weighted by Crippen LogP contribution is 2.43. The number of nitrogen functional groups attached to an aromatic ring is 1. The topological polar surface area (TPSA) is 72.3 Å². The van der Waals surface area contributed by atoms with Gasteiger partial charge in [0.05, 0.1) is 12.2 Å². The fourth-order valence-electron chi connectivity index (χ4n) is 2.56. The molecule has 0 fully saturated rings. The van der Waals surface area contributed by atoms with Crippen LogP contribution in [0.1, 0.15) is 25.0 Å². The van der Waals surface area contributed by atoms with Crippen LogP contribution < -0.4 is 16.4 Å². The smallest absolute Gasteiger partial charge is 0.240 e. The average molecular weight is 233 g/mol. The number of nitrogens with zero attached hydrogens (tertiary/aromatic N) is 1. The van der Waals surface area contributed by atoms with Crippen LogP contribution in [-0.2, 0) is 10.2 Å². The van der Waals surface area contributed by atoms with E-state index in [2.05, 4.69) is 13.8 Å². The minimum absolute atomic E-state index is 0.0373. The zero-order valence-electron chi connectivity index (χ0n) is 10.6. The Morgan fingerprint density at radius 3 is 2.71 bits per heavy atom. The number of rotatable bonds is 1. The van der Waals surface area contributed by atoms with Crippen molar-refractivity contribution in [1.82, 2.24) is 0 Å². The highest BCUT2D eigenvalue weighted by Gasteiger charge is 2.38. The van der Waals surface area contributed by atoms with E-state index in [0.29, 0.717) is 6.54 Å². The Bertz CT molecular complexity index is 480. The third kappa shape index (κ3) is 1.78. The SMILES string of the molecule is Cc1cc(N)cc2c1N(C(=O)CN)CC2(C)C. The Balaban J connectivity index is 2.61. The zero-order valence-corrected chi connectivity index (χ0v) is 10.6. The van der Waals surface area contributed by atoms with E-state index in [9.17, 15) is 4.79 Å². The Morgan fingerprint density at radius 1 is 1.47 bits per heavy atom. The van der Waals surface area contributed by atoms with E-state index < -0.39 is 0 Å². The Labute approximate surface area is 102 Å². The van der Waals surface area contributed by atoms with Gasteiger partial charge >= 0.3 is 0 Å². The number of nitrogens with two attached hydrogens (primary N) is 2. The Morgan fingerprint density at radius 2 is 2.12 bits per heavy atom. The lowest BCUT2D eigenvalue weighted by atomic mass is 9.86. The minimum Gasteiger partial charge on any atom is -0.399 e. The second-order valence-electron chi connectivity index (χ2n) is 5.30. The molecule has 4 heteroatoms. The first kappa shape index (κ1) is 11.9. The highest BCUT2D eigenvalue weighted by atomic mass is 16.2. The van der Waals surface area contributed by atoms with Crippen molar-refractivity contribution >= 4 is 17.3 Å². The van der Waals surface area contributed by atoms with Crippen LogP contribution in [0.25, 0.3) is 0 Å². The first-order valence-electron chi connectivity index (χ1n) is 5.78. The summed E-state index contributed by atoms with van der Waals surface area (Å²) in [5, 5.41) is 0. The fourth-order valence-corrected chi connectivity index (χ4v) is 2.56. The van der Waals surface area contributed by atoms with Crippen molar-refractivity contribution in [3.63, 3.8) is 0 Å². The molecule has 4 N–H and O–H groups in total. The molecule has 0 radical (unpaired) electrons. The number of benzene rings is 1. The predicted octanol–water partition coefficient (Wildman–Crippen LogP) is 1.16. The molecule has 1 aromatic rings. The first-order chi connectivity index (χ1) is 7.86. The third-order valence-corrected chi connectivity index (χ3v) is 3.35. The van der Waals surface area contributed by atoms with Gasteiger partial charge < -0.3 is 16.4 Å². The second kappa shape index (κ2) is 3.74. The number of carbonyl (C=O) groups excluding carboxylic acids is 1. The lowest BCUT2D eigenvalue weighted by Crippen LogP contribution is -2.38. The van der Waals surface area contributed by atoms with Gasteiger partial charge in [-0.15, -0.1) is 0 Å². The van der Waals surface area contributed by atoms with Crippen LogP contribution in [0, 0.1) is 6.92 Å². The van der Waals surface area contributed by atoms with E-state index in [-0.39, 0.29) is 17.9 Å². The molecule has 0 saturated heterocycles. The molecule has 0 aromatic heterocycles. The molecule has 2 rings (SSSR count). The first-order valence-corrected chi connectivity index (χ1v) is 5.78. The molecule has 1 aliphatic rings. The molecule has 1 aliphatic heterocycles. The van der Waals surface area contributed by atoms with Gasteiger partial charge in [-0.05, 0) is 30.2 Å². The standard InChI is InChI=1S/C13H19N3O/c1-8-4-9(15)5-10-12(8)16(11(17)6-14)7-13(10,2)3/h4-5H,6-7,14-15H2,1-3H3. The third-order valence-electron chi connectivity index (χ3n) is 3.35. The van der Waals surface area contributed by atoms with Crippen molar-refractivity contribution in [2.24, 2.45) is 5.73 Å². The van der Waals surface area contributed by atoms with Crippen LogP contribution in [0.15, 0.2) is 12.1 Å². The zero-order chi connectivity index (χ0) is 12.8. The van der Waals surface area contributed by atoms with Crippen molar-refractivity contribution < 1.29 is 4.79 Å². The summed E-state index contributed by atoms with van der Waals surface area (Å²) in [4.78, 5) is 13.7. The van der Waals surface area contributed by atoms with Gasteiger partial charge in [-0.1, -0.05) is 13.8 Å². The molecule has 0 atom stereocenters. The van der Waals surface area contributed by atoms with Gasteiger partial charge in [0.1, 0.15) is 0 Å². The molecular weight excluding hydrogens is 214 g/mol. The van der Waals surface area contributed by atoms with Crippen molar-refractivity contribution in [2.45, 2.75) is 26.2 Å². The normalized spacial score (nSPS) is 17.1. The van der Waals surface area contributed by atoms with Crippen molar-refractivity contribution in [3.8, 4) is 0 Å². The maximum atomic E-state index is 11.9. The Kier molecular flexibility index (Phi) is 2.62. The summed E-state index contributed by atoms with van der Waals surface area (Å²) in [5.41, 5.74) is 15.2. The van der Waals surface area contributed by atoms with E-state index in [1.807, 2.05) is 19.1 Å². The summed E-state index contributed by atoms with van der Waals surface area (Å²) in [7, 11) is 0.